The first-order chi connectivity index (χ1) is 9.59. The maximum atomic E-state index is 11.9. The topological polar surface area (TPSA) is 55.1 Å². The van der Waals surface area contributed by atoms with Crippen LogP contribution in [-0.4, -0.2) is 22.7 Å². The lowest BCUT2D eigenvalue weighted by atomic mass is 9.96. The number of benzene rings is 1. The number of carbonyl (C=O) groups is 1. The normalized spacial score (nSPS) is 29.6. The van der Waals surface area contributed by atoms with E-state index in [0.29, 0.717) is 11.3 Å². The van der Waals surface area contributed by atoms with E-state index < -0.39 is 5.54 Å². The average molecular weight is 311 g/mol. The molecule has 3 N–H and O–H groups in total. The minimum absolute atomic E-state index is 0.202. The molecule has 0 aliphatic heterocycles. The molecular weight excluding hydrogens is 292 g/mol. The van der Waals surface area contributed by atoms with Crippen LogP contribution >= 0.6 is 23.4 Å². The second-order valence-electron chi connectivity index (χ2n) is 5.78. The fraction of sp³-hybridized carbons (Fsp3) is 0.533. The van der Waals surface area contributed by atoms with Crippen LogP contribution in [0.5, 0.6) is 0 Å². The summed E-state index contributed by atoms with van der Waals surface area (Å²) in [5.41, 5.74) is 5.16. The summed E-state index contributed by atoms with van der Waals surface area (Å²) >= 11 is 7.97. The lowest BCUT2D eigenvalue weighted by Gasteiger charge is -2.27. The molecule has 1 aromatic carbocycles. The molecule has 2 fully saturated rings. The highest BCUT2D eigenvalue weighted by Crippen LogP contribution is 2.43. The Bertz CT molecular complexity index is 520. The molecule has 0 radical (unpaired) electrons. The first-order valence-corrected chi connectivity index (χ1v) is 8.34. The molecule has 2 saturated carbocycles. The van der Waals surface area contributed by atoms with Gasteiger partial charge in [0, 0.05) is 16.2 Å². The summed E-state index contributed by atoms with van der Waals surface area (Å²) < 4.78 is 0. The second kappa shape index (κ2) is 5.58. The van der Waals surface area contributed by atoms with Crippen LogP contribution in [0.4, 0.5) is 0 Å². The van der Waals surface area contributed by atoms with Gasteiger partial charge in [-0.3, -0.25) is 4.79 Å². The number of hydrogen-bond donors (Lipinski definition) is 2. The summed E-state index contributed by atoms with van der Waals surface area (Å²) in [5, 5.41) is 4.65. The van der Waals surface area contributed by atoms with Crippen LogP contribution in [0, 0.1) is 0 Å². The highest BCUT2D eigenvalue weighted by Gasteiger charge is 2.46. The number of thioether (sulfide) groups is 1. The molecular formula is C15H19ClN2OS. The highest BCUT2D eigenvalue weighted by atomic mass is 35.5. The number of rotatable bonds is 5. The van der Waals surface area contributed by atoms with Crippen LogP contribution in [0.25, 0.3) is 0 Å². The minimum atomic E-state index is -0.500. The molecule has 2 atom stereocenters. The van der Waals surface area contributed by atoms with Crippen molar-refractivity contribution in [2.75, 3.05) is 0 Å². The van der Waals surface area contributed by atoms with Gasteiger partial charge in [0.15, 0.2) is 0 Å². The van der Waals surface area contributed by atoms with E-state index in [9.17, 15) is 4.79 Å². The summed E-state index contributed by atoms with van der Waals surface area (Å²) in [4.78, 5) is 13.0. The van der Waals surface area contributed by atoms with Gasteiger partial charge < -0.3 is 11.1 Å². The molecule has 0 spiro atoms. The van der Waals surface area contributed by atoms with Crippen LogP contribution in [-0.2, 0) is 4.79 Å². The molecule has 0 saturated heterocycles. The van der Waals surface area contributed by atoms with Gasteiger partial charge in [0.1, 0.15) is 0 Å². The highest BCUT2D eigenvalue weighted by molar-refractivity contribution is 8.00. The van der Waals surface area contributed by atoms with Crippen LogP contribution in [0.15, 0.2) is 29.2 Å². The van der Waals surface area contributed by atoms with Crippen molar-refractivity contribution in [1.82, 2.24) is 5.32 Å². The lowest BCUT2D eigenvalue weighted by Crippen LogP contribution is -2.54. The Morgan fingerprint density at radius 2 is 2.10 bits per heavy atom. The van der Waals surface area contributed by atoms with Gasteiger partial charge in [0.05, 0.1) is 10.6 Å². The van der Waals surface area contributed by atoms with Crippen LogP contribution in [0.1, 0.15) is 32.1 Å². The molecule has 3 rings (SSSR count). The minimum Gasteiger partial charge on any atom is -0.368 e. The van der Waals surface area contributed by atoms with Crippen molar-refractivity contribution in [1.29, 1.82) is 0 Å². The van der Waals surface area contributed by atoms with Gasteiger partial charge in [0.25, 0.3) is 0 Å². The van der Waals surface area contributed by atoms with E-state index in [1.165, 1.54) is 0 Å². The van der Waals surface area contributed by atoms with Crippen molar-refractivity contribution in [3.05, 3.63) is 29.3 Å². The van der Waals surface area contributed by atoms with Gasteiger partial charge in [-0.25, -0.2) is 0 Å². The molecule has 20 heavy (non-hydrogen) atoms. The van der Waals surface area contributed by atoms with E-state index in [-0.39, 0.29) is 5.91 Å². The zero-order valence-electron chi connectivity index (χ0n) is 11.3. The maximum Gasteiger partial charge on any atom is 0.237 e. The van der Waals surface area contributed by atoms with E-state index in [4.69, 9.17) is 17.3 Å². The Balaban J connectivity index is 1.68. The number of amides is 1. The van der Waals surface area contributed by atoms with Crippen molar-refractivity contribution < 1.29 is 4.79 Å². The molecule has 2 aliphatic rings. The molecule has 3 nitrogen and oxygen atoms in total. The van der Waals surface area contributed by atoms with Gasteiger partial charge in [-0.1, -0.05) is 23.7 Å². The molecule has 108 valence electrons. The van der Waals surface area contributed by atoms with Gasteiger partial charge in [0.2, 0.25) is 5.91 Å². The Labute approximate surface area is 128 Å². The molecule has 1 amide bonds. The molecule has 2 aliphatic carbocycles. The average Bonchev–Trinajstić information content (AvgIpc) is 3.12. The van der Waals surface area contributed by atoms with Crippen LogP contribution in [0.2, 0.25) is 5.02 Å². The zero-order chi connectivity index (χ0) is 14.2. The Hall–Kier alpha value is -0.710. The summed E-state index contributed by atoms with van der Waals surface area (Å²) in [7, 11) is 0. The monoisotopic (exact) mass is 310 g/mol. The van der Waals surface area contributed by atoms with E-state index >= 15 is 0 Å². The number of nitrogens with one attached hydrogen (secondary N) is 1. The molecule has 2 unspecified atom stereocenters. The predicted octanol–water partition coefficient (Wildman–Crippen LogP) is 2.96. The van der Waals surface area contributed by atoms with Gasteiger partial charge in [-0.05, 0) is 44.2 Å². The van der Waals surface area contributed by atoms with Gasteiger partial charge in [-0.15, -0.1) is 11.8 Å². The summed E-state index contributed by atoms with van der Waals surface area (Å²) in [6.45, 7) is 0. The fourth-order valence-corrected chi connectivity index (χ4v) is 4.43. The fourth-order valence-electron chi connectivity index (χ4n) is 2.87. The molecule has 1 aromatic rings. The van der Waals surface area contributed by atoms with Gasteiger partial charge in [-0.2, -0.15) is 0 Å². The lowest BCUT2D eigenvalue weighted by molar-refractivity contribution is -0.124. The summed E-state index contributed by atoms with van der Waals surface area (Å²) in [5.74, 6) is -0.202. The first kappa shape index (κ1) is 14.2. The van der Waals surface area contributed by atoms with Crippen molar-refractivity contribution >= 4 is 29.3 Å². The zero-order valence-corrected chi connectivity index (χ0v) is 12.8. The van der Waals surface area contributed by atoms with Crippen molar-refractivity contribution in [3.63, 3.8) is 0 Å². The van der Waals surface area contributed by atoms with E-state index in [1.807, 2.05) is 24.3 Å². The molecule has 0 bridgehead atoms. The summed E-state index contributed by atoms with van der Waals surface area (Å²) in [6, 6.07) is 8.36. The van der Waals surface area contributed by atoms with E-state index in [1.54, 1.807) is 11.8 Å². The quantitative estimate of drug-likeness (QED) is 0.879. The van der Waals surface area contributed by atoms with Crippen molar-refractivity contribution in [3.8, 4) is 0 Å². The van der Waals surface area contributed by atoms with E-state index in [0.717, 1.165) is 42.0 Å². The maximum absolute atomic E-state index is 11.9. The van der Waals surface area contributed by atoms with Crippen LogP contribution in [0.3, 0.4) is 0 Å². The van der Waals surface area contributed by atoms with Gasteiger partial charge >= 0.3 is 0 Å². The number of primary amides is 1. The number of halogens is 1. The largest absolute Gasteiger partial charge is 0.368 e. The predicted molar refractivity (Wildman–Crippen MR) is 83.0 cm³/mol. The Morgan fingerprint density at radius 3 is 2.75 bits per heavy atom. The third kappa shape index (κ3) is 2.97. The third-order valence-electron chi connectivity index (χ3n) is 4.13. The molecule has 0 heterocycles. The Morgan fingerprint density at radius 1 is 1.35 bits per heavy atom. The SMILES string of the molecule is NC(=O)C1(NC2CC2)CCC(Sc2ccccc2Cl)C1. The number of nitrogens with two attached hydrogens (primary N) is 1. The smallest absolute Gasteiger partial charge is 0.237 e. The summed E-state index contributed by atoms with van der Waals surface area (Å²) in [6.07, 6.45) is 4.96. The Kier molecular flexibility index (Phi) is 3.98. The third-order valence-corrected chi connectivity index (χ3v) is 5.92. The first-order valence-electron chi connectivity index (χ1n) is 7.08. The molecule has 5 heteroatoms. The standard InChI is InChI=1S/C15H19ClN2OS/c16-12-3-1-2-4-13(12)20-11-7-8-15(9-11,14(17)19)18-10-5-6-10/h1-4,10-11,18H,5-9H2,(H2,17,19). The second-order valence-corrected chi connectivity index (χ2v) is 7.53. The number of hydrogen-bond acceptors (Lipinski definition) is 3. The molecule has 0 aromatic heterocycles. The van der Waals surface area contributed by atoms with Crippen molar-refractivity contribution in [2.24, 2.45) is 5.73 Å². The van der Waals surface area contributed by atoms with Crippen molar-refractivity contribution in [2.45, 2.75) is 53.8 Å². The van der Waals surface area contributed by atoms with E-state index in [2.05, 4.69) is 5.32 Å². The number of carbonyl (C=O) groups excluding carboxylic acids is 1. The van der Waals surface area contributed by atoms with Crippen LogP contribution < -0.4 is 11.1 Å².